The van der Waals surface area contributed by atoms with Crippen LogP contribution < -0.4 is 0 Å². The van der Waals surface area contributed by atoms with Crippen LogP contribution in [0, 0.1) is 0 Å². The zero-order chi connectivity index (χ0) is 26.1. The van der Waals surface area contributed by atoms with Crippen LogP contribution in [0.3, 0.4) is 0 Å². The van der Waals surface area contributed by atoms with Crippen molar-refractivity contribution in [3.05, 3.63) is 112 Å². The smallest absolute Gasteiger partial charge is 0.416 e. The molecular weight excluding hydrogens is 491 g/mol. The maximum atomic E-state index is 13.2. The summed E-state index contributed by atoms with van der Waals surface area (Å²) in [4.78, 5) is 15.6. The molecule has 4 nitrogen and oxygen atoms in total. The van der Waals surface area contributed by atoms with Gasteiger partial charge in [-0.05, 0) is 60.0 Å². The van der Waals surface area contributed by atoms with Crippen LogP contribution in [0.15, 0.2) is 79.0 Å². The third kappa shape index (κ3) is 4.94. The van der Waals surface area contributed by atoms with Crippen molar-refractivity contribution in [2.45, 2.75) is 37.5 Å². The molecule has 0 bridgehead atoms. The molecule has 2 N–H and O–H groups in total. The highest BCUT2D eigenvalue weighted by Crippen LogP contribution is 2.46. The predicted octanol–water partition coefficient (Wildman–Crippen LogP) is 7.43. The maximum absolute atomic E-state index is 13.2. The molecule has 36 heavy (non-hydrogen) atoms. The van der Waals surface area contributed by atoms with Crippen molar-refractivity contribution in [2.24, 2.45) is 0 Å². The first-order chi connectivity index (χ1) is 17.0. The summed E-state index contributed by atoms with van der Waals surface area (Å²) in [5.74, 6) is -1.57. The number of carboxylic acids is 1. The molecular formula is C28H23ClF3NO3. The van der Waals surface area contributed by atoms with Crippen molar-refractivity contribution in [1.29, 1.82) is 0 Å². The topological polar surface area (TPSA) is 70.4 Å². The van der Waals surface area contributed by atoms with E-state index in [0.717, 1.165) is 12.1 Å². The van der Waals surface area contributed by atoms with Crippen molar-refractivity contribution in [3.63, 3.8) is 0 Å². The summed E-state index contributed by atoms with van der Waals surface area (Å²) in [5.41, 5.74) is -0.507. The Hall–Kier alpha value is -3.42. The van der Waals surface area contributed by atoms with Gasteiger partial charge >= 0.3 is 12.1 Å². The van der Waals surface area contributed by atoms with Gasteiger partial charge in [0, 0.05) is 28.1 Å². The van der Waals surface area contributed by atoms with Gasteiger partial charge in [-0.3, -0.25) is 4.98 Å². The zero-order valence-electron chi connectivity index (χ0n) is 19.3. The predicted molar refractivity (Wildman–Crippen MR) is 132 cm³/mol. The number of fused-ring (bicyclic) bond motifs is 1. The van der Waals surface area contributed by atoms with Crippen LogP contribution in [-0.2, 0) is 11.8 Å². The van der Waals surface area contributed by atoms with E-state index in [9.17, 15) is 28.2 Å². The van der Waals surface area contributed by atoms with Gasteiger partial charge in [-0.1, -0.05) is 55.3 Å². The van der Waals surface area contributed by atoms with Crippen molar-refractivity contribution in [2.75, 3.05) is 0 Å². The molecule has 0 fully saturated rings. The van der Waals surface area contributed by atoms with Crippen LogP contribution in [0.4, 0.5) is 13.2 Å². The number of alkyl halides is 3. The second kappa shape index (κ2) is 9.91. The van der Waals surface area contributed by atoms with Crippen molar-refractivity contribution < 1.29 is 28.2 Å². The lowest BCUT2D eigenvalue weighted by molar-refractivity contribution is -0.137. The van der Waals surface area contributed by atoms with Gasteiger partial charge in [-0.2, -0.15) is 13.2 Å². The number of aromatic nitrogens is 1. The number of benzene rings is 3. The van der Waals surface area contributed by atoms with Crippen LogP contribution in [-0.4, -0.2) is 21.2 Å². The molecule has 0 saturated carbocycles. The summed E-state index contributed by atoms with van der Waals surface area (Å²) >= 11 is 6.10. The molecule has 1 aromatic heterocycles. The third-order valence-electron chi connectivity index (χ3n) is 6.38. The lowest BCUT2D eigenvalue weighted by Gasteiger charge is -2.38. The van der Waals surface area contributed by atoms with Gasteiger partial charge in [0.1, 0.15) is 5.60 Å². The largest absolute Gasteiger partial charge is 0.478 e. The first-order valence-electron chi connectivity index (χ1n) is 11.3. The van der Waals surface area contributed by atoms with Gasteiger partial charge in [0.25, 0.3) is 0 Å². The van der Waals surface area contributed by atoms with Crippen LogP contribution in [0.1, 0.15) is 58.3 Å². The number of halogens is 4. The first-order valence-corrected chi connectivity index (χ1v) is 11.7. The van der Waals surface area contributed by atoms with Gasteiger partial charge in [0.2, 0.25) is 0 Å². The van der Waals surface area contributed by atoms with E-state index in [-0.39, 0.29) is 11.1 Å². The minimum Gasteiger partial charge on any atom is -0.478 e. The zero-order valence-corrected chi connectivity index (χ0v) is 20.0. The Bertz CT molecular complexity index is 1390. The fraction of sp³-hybridized carbons (Fsp3) is 0.214. The summed E-state index contributed by atoms with van der Waals surface area (Å²) < 4.78 is 39.5. The van der Waals surface area contributed by atoms with Gasteiger partial charge in [0.05, 0.1) is 16.6 Å². The minimum atomic E-state index is -4.49. The SMILES string of the molecule is CCC[C@H](c1ccc(C(=O)O)cc1)C(O)(c1ccc(Cl)cc1)c1cnc2cc(C(F)(F)F)ccc2c1. The molecule has 2 atom stereocenters. The molecule has 0 saturated heterocycles. The van der Waals surface area contributed by atoms with Crippen LogP contribution in [0.25, 0.3) is 10.9 Å². The molecule has 1 unspecified atom stereocenters. The van der Waals surface area contributed by atoms with E-state index in [2.05, 4.69) is 4.98 Å². The Labute approximate surface area is 211 Å². The van der Waals surface area contributed by atoms with Crippen LogP contribution in [0.5, 0.6) is 0 Å². The summed E-state index contributed by atoms with van der Waals surface area (Å²) in [6.07, 6.45) is -1.86. The molecule has 4 rings (SSSR count). The monoisotopic (exact) mass is 513 g/mol. The van der Waals surface area contributed by atoms with Gasteiger partial charge in [0.15, 0.2) is 0 Å². The van der Waals surface area contributed by atoms with Crippen LogP contribution >= 0.6 is 11.6 Å². The number of aliphatic hydroxyl groups is 1. The highest BCUT2D eigenvalue weighted by atomic mass is 35.5. The molecule has 0 aliphatic rings. The van der Waals surface area contributed by atoms with E-state index in [0.29, 0.717) is 39.9 Å². The number of aromatic carboxylic acids is 1. The quantitative estimate of drug-likeness (QED) is 0.270. The Morgan fingerprint density at radius 1 is 0.944 bits per heavy atom. The van der Waals surface area contributed by atoms with E-state index in [1.54, 1.807) is 42.5 Å². The lowest BCUT2D eigenvalue weighted by Crippen LogP contribution is -2.35. The molecule has 186 valence electrons. The standard InChI is InChI=1S/C28H23ClF3NO3/c1-2-3-24(17-4-6-18(7-5-17)26(34)35)27(36,20-10-12-23(29)13-11-20)22-14-19-8-9-21(28(30,31)32)15-25(19)33-16-22/h4-16,24,36H,2-3H2,1H3,(H,34,35)/t24-,27?/m1/s1. The number of nitrogens with zero attached hydrogens (tertiary/aromatic N) is 1. The summed E-state index contributed by atoms with van der Waals surface area (Å²) in [6.45, 7) is 1.97. The Morgan fingerprint density at radius 2 is 1.58 bits per heavy atom. The minimum absolute atomic E-state index is 0.122. The van der Waals surface area contributed by atoms with E-state index in [1.165, 1.54) is 24.4 Å². The van der Waals surface area contributed by atoms with Crippen molar-refractivity contribution in [3.8, 4) is 0 Å². The number of rotatable bonds is 7. The molecule has 0 aliphatic carbocycles. The fourth-order valence-electron chi connectivity index (χ4n) is 4.54. The van der Waals surface area contributed by atoms with E-state index in [4.69, 9.17) is 11.6 Å². The van der Waals surface area contributed by atoms with Crippen molar-refractivity contribution >= 4 is 28.5 Å². The number of hydrogen-bond donors (Lipinski definition) is 2. The van der Waals surface area contributed by atoms with E-state index in [1.807, 2.05) is 6.92 Å². The molecule has 8 heteroatoms. The highest BCUT2D eigenvalue weighted by molar-refractivity contribution is 6.30. The van der Waals surface area contributed by atoms with Gasteiger partial charge in [-0.25, -0.2) is 4.79 Å². The summed E-state index contributed by atoms with van der Waals surface area (Å²) in [7, 11) is 0. The normalized spacial score (nSPS) is 14.4. The average Bonchev–Trinajstić information content (AvgIpc) is 2.86. The molecule has 3 aromatic carbocycles. The second-order valence-corrected chi connectivity index (χ2v) is 9.11. The Kier molecular flexibility index (Phi) is 7.07. The third-order valence-corrected chi connectivity index (χ3v) is 6.63. The maximum Gasteiger partial charge on any atom is 0.416 e. The average molecular weight is 514 g/mol. The molecule has 0 amide bonds. The highest BCUT2D eigenvalue weighted by Gasteiger charge is 2.41. The molecule has 0 radical (unpaired) electrons. The number of hydrogen-bond acceptors (Lipinski definition) is 3. The fourth-order valence-corrected chi connectivity index (χ4v) is 4.67. The summed E-state index contributed by atoms with van der Waals surface area (Å²) in [6, 6.07) is 18.0. The van der Waals surface area contributed by atoms with Gasteiger partial charge in [-0.15, -0.1) is 0 Å². The number of pyridine rings is 1. The molecule has 1 heterocycles. The molecule has 4 aromatic rings. The first kappa shape index (κ1) is 25.7. The van der Waals surface area contributed by atoms with Gasteiger partial charge < -0.3 is 10.2 Å². The summed E-state index contributed by atoms with van der Waals surface area (Å²) in [5, 5.41) is 22.7. The number of carbonyl (C=O) groups is 1. The van der Waals surface area contributed by atoms with E-state index >= 15 is 0 Å². The second-order valence-electron chi connectivity index (χ2n) is 8.67. The van der Waals surface area contributed by atoms with Crippen LogP contribution in [0.2, 0.25) is 5.02 Å². The Morgan fingerprint density at radius 3 is 2.17 bits per heavy atom. The lowest BCUT2D eigenvalue weighted by atomic mass is 9.71. The van der Waals surface area contributed by atoms with E-state index < -0.39 is 29.2 Å². The molecule has 0 aliphatic heterocycles. The van der Waals surface area contributed by atoms with Crippen molar-refractivity contribution in [1.82, 2.24) is 4.98 Å². The molecule has 0 spiro atoms. The Balaban J connectivity index is 1.91. The number of carboxylic acid groups (broad SMARTS) is 1.